The van der Waals surface area contributed by atoms with Gasteiger partial charge in [0.2, 0.25) is 0 Å². The molecule has 1 aliphatic rings. The van der Waals surface area contributed by atoms with E-state index in [-0.39, 0.29) is 18.0 Å². The van der Waals surface area contributed by atoms with Gasteiger partial charge >= 0.3 is 0 Å². The van der Waals surface area contributed by atoms with Crippen molar-refractivity contribution in [2.75, 3.05) is 19.7 Å². The Labute approximate surface area is 118 Å². The van der Waals surface area contributed by atoms with Crippen LogP contribution in [0.1, 0.15) is 25.5 Å². The molecule has 1 aromatic carbocycles. The van der Waals surface area contributed by atoms with Crippen LogP contribution in [0.4, 0.5) is 4.39 Å². The lowest BCUT2D eigenvalue weighted by Gasteiger charge is -2.43. The number of ether oxygens (including phenoxy) is 1. The molecule has 1 aliphatic heterocycles. The van der Waals surface area contributed by atoms with Crippen molar-refractivity contribution < 1.29 is 9.13 Å². The van der Waals surface area contributed by atoms with Crippen molar-refractivity contribution in [3.05, 3.63) is 34.6 Å². The number of nitrogens with two attached hydrogens (primary N) is 1. The quantitative estimate of drug-likeness (QED) is 0.928. The summed E-state index contributed by atoms with van der Waals surface area (Å²) in [6.45, 7) is 6.11. The second-order valence-electron chi connectivity index (χ2n) is 5.12. The molecule has 1 fully saturated rings. The second kappa shape index (κ2) is 6.18. The van der Waals surface area contributed by atoms with Crippen LogP contribution in [0.15, 0.2) is 18.2 Å². The molecular weight excluding hydrogens is 267 g/mol. The van der Waals surface area contributed by atoms with Crippen LogP contribution in [-0.4, -0.2) is 36.7 Å². The maximum atomic E-state index is 13.6. The van der Waals surface area contributed by atoms with E-state index in [1.807, 2.05) is 0 Å². The Balaban J connectivity index is 2.39. The first-order valence-corrected chi connectivity index (χ1v) is 6.94. The van der Waals surface area contributed by atoms with Crippen LogP contribution in [0.2, 0.25) is 5.02 Å². The molecule has 1 heterocycles. The molecule has 1 saturated heterocycles. The second-order valence-corrected chi connectivity index (χ2v) is 5.56. The number of benzene rings is 1. The maximum absolute atomic E-state index is 13.6. The number of rotatable bonds is 3. The standard InChI is InChI=1S/C14H20ClFN2O/c1-9(2)18-3-4-19-13(8-17)14(18)10-5-11(15)7-12(16)6-10/h5-7,9,13-14H,3-4,8,17H2,1-2H3. The molecule has 5 heteroatoms. The van der Waals surface area contributed by atoms with Crippen molar-refractivity contribution in [3.63, 3.8) is 0 Å². The molecule has 0 aromatic heterocycles. The zero-order valence-electron chi connectivity index (χ0n) is 11.3. The number of halogens is 2. The van der Waals surface area contributed by atoms with Gasteiger partial charge in [0.1, 0.15) is 5.82 Å². The van der Waals surface area contributed by atoms with Crippen LogP contribution in [0.5, 0.6) is 0 Å². The van der Waals surface area contributed by atoms with Crippen molar-refractivity contribution >= 4 is 11.6 Å². The minimum absolute atomic E-state index is 0.0491. The van der Waals surface area contributed by atoms with Gasteiger partial charge in [-0.05, 0) is 37.6 Å². The van der Waals surface area contributed by atoms with Gasteiger partial charge in [0, 0.05) is 24.2 Å². The van der Waals surface area contributed by atoms with Crippen LogP contribution in [-0.2, 0) is 4.74 Å². The lowest BCUT2D eigenvalue weighted by molar-refractivity contribution is -0.0790. The van der Waals surface area contributed by atoms with Gasteiger partial charge in [-0.15, -0.1) is 0 Å². The number of nitrogens with zero attached hydrogens (tertiary/aromatic N) is 1. The van der Waals surface area contributed by atoms with E-state index < -0.39 is 0 Å². The molecule has 0 saturated carbocycles. The van der Waals surface area contributed by atoms with E-state index >= 15 is 0 Å². The van der Waals surface area contributed by atoms with E-state index in [9.17, 15) is 4.39 Å². The van der Waals surface area contributed by atoms with Crippen molar-refractivity contribution in [2.45, 2.75) is 32.0 Å². The van der Waals surface area contributed by atoms with Crippen LogP contribution in [0.25, 0.3) is 0 Å². The lowest BCUT2D eigenvalue weighted by Crippen LogP contribution is -2.50. The van der Waals surface area contributed by atoms with Gasteiger partial charge in [-0.1, -0.05) is 11.6 Å². The number of hydrogen-bond donors (Lipinski definition) is 1. The Morgan fingerprint density at radius 1 is 1.47 bits per heavy atom. The van der Waals surface area contributed by atoms with Crippen LogP contribution >= 0.6 is 11.6 Å². The molecule has 3 nitrogen and oxygen atoms in total. The first-order valence-electron chi connectivity index (χ1n) is 6.56. The summed E-state index contributed by atoms with van der Waals surface area (Å²) in [4.78, 5) is 2.28. The Hall–Kier alpha value is -0.680. The minimum atomic E-state index is -0.326. The normalized spacial score (nSPS) is 24.9. The molecule has 0 radical (unpaired) electrons. The molecule has 2 rings (SSSR count). The summed E-state index contributed by atoms with van der Waals surface area (Å²) in [5.74, 6) is -0.326. The summed E-state index contributed by atoms with van der Waals surface area (Å²) in [5.41, 5.74) is 6.62. The zero-order valence-corrected chi connectivity index (χ0v) is 12.0. The highest BCUT2D eigenvalue weighted by Gasteiger charge is 2.34. The molecule has 106 valence electrons. The van der Waals surface area contributed by atoms with E-state index in [2.05, 4.69) is 18.7 Å². The fourth-order valence-corrected chi connectivity index (χ4v) is 2.91. The molecule has 0 amide bonds. The van der Waals surface area contributed by atoms with E-state index in [1.54, 1.807) is 6.07 Å². The molecule has 2 atom stereocenters. The Morgan fingerprint density at radius 2 is 2.21 bits per heavy atom. The van der Waals surface area contributed by atoms with Crippen LogP contribution in [0, 0.1) is 5.82 Å². The predicted octanol–water partition coefficient (Wildman–Crippen LogP) is 2.59. The number of morpholine rings is 1. The maximum Gasteiger partial charge on any atom is 0.125 e. The van der Waals surface area contributed by atoms with Gasteiger partial charge < -0.3 is 10.5 Å². The van der Waals surface area contributed by atoms with E-state index in [4.69, 9.17) is 22.1 Å². The largest absolute Gasteiger partial charge is 0.374 e. The van der Waals surface area contributed by atoms with Crippen molar-refractivity contribution in [2.24, 2.45) is 5.73 Å². The summed E-state index contributed by atoms with van der Waals surface area (Å²) in [5, 5.41) is 0.403. The van der Waals surface area contributed by atoms with Crippen molar-refractivity contribution in [1.29, 1.82) is 0 Å². The van der Waals surface area contributed by atoms with Gasteiger partial charge in [0.05, 0.1) is 18.8 Å². The van der Waals surface area contributed by atoms with Crippen molar-refractivity contribution in [1.82, 2.24) is 4.90 Å². The monoisotopic (exact) mass is 286 g/mol. The topological polar surface area (TPSA) is 38.5 Å². The molecule has 19 heavy (non-hydrogen) atoms. The molecule has 0 aliphatic carbocycles. The average molecular weight is 287 g/mol. The molecule has 2 unspecified atom stereocenters. The van der Waals surface area contributed by atoms with E-state index in [0.29, 0.717) is 24.2 Å². The summed E-state index contributed by atoms with van der Waals surface area (Å²) in [6, 6.07) is 4.91. The molecular formula is C14H20ClFN2O. The third-order valence-corrected chi connectivity index (χ3v) is 3.73. The Kier molecular flexibility index (Phi) is 4.79. The van der Waals surface area contributed by atoms with E-state index in [1.165, 1.54) is 12.1 Å². The minimum Gasteiger partial charge on any atom is -0.374 e. The zero-order chi connectivity index (χ0) is 14.0. The van der Waals surface area contributed by atoms with Gasteiger partial charge in [0.15, 0.2) is 0 Å². The molecule has 1 aromatic rings. The van der Waals surface area contributed by atoms with Crippen LogP contribution < -0.4 is 5.73 Å². The highest BCUT2D eigenvalue weighted by molar-refractivity contribution is 6.30. The van der Waals surface area contributed by atoms with Gasteiger partial charge in [-0.25, -0.2) is 4.39 Å². The SMILES string of the molecule is CC(C)N1CCOC(CN)C1c1cc(F)cc(Cl)c1. The highest BCUT2D eigenvalue weighted by Crippen LogP contribution is 2.32. The summed E-state index contributed by atoms with van der Waals surface area (Å²) in [6.07, 6.45) is -0.131. The first-order chi connectivity index (χ1) is 9.02. The van der Waals surface area contributed by atoms with E-state index in [0.717, 1.165) is 12.1 Å². The average Bonchev–Trinajstić information content (AvgIpc) is 2.36. The lowest BCUT2D eigenvalue weighted by atomic mass is 9.96. The predicted molar refractivity (Wildman–Crippen MR) is 74.8 cm³/mol. The number of hydrogen-bond acceptors (Lipinski definition) is 3. The van der Waals surface area contributed by atoms with Crippen LogP contribution in [0.3, 0.4) is 0 Å². The molecule has 0 spiro atoms. The van der Waals surface area contributed by atoms with Gasteiger partial charge in [-0.2, -0.15) is 0 Å². The van der Waals surface area contributed by atoms with Gasteiger partial charge in [-0.3, -0.25) is 4.90 Å². The summed E-state index contributed by atoms with van der Waals surface area (Å²) < 4.78 is 19.3. The summed E-state index contributed by atoms with van der Waals surface area (Å²) in [7, 11) is 0. The summed E-state index contributed by atoms with van der Waals surface area (Å²) >= 11 is 5.96. The smallest absolute Gasteiger partial charge is 0.125 e. The Morgan fingerprint density at radius 3 is 2.79 bits per heavy atom. The van der Waals surface area contributed by atoms with Gasteiger partial charge in [0.25, 0.3) is 0 Å². The first kappa shape index (κ1) is 14.7. The fraction of sp³-hybridized carbons (Fsp3) is 0.571. The molecule has 2 N–H and O–H groups in total. The van der Waals surface area contributed by atoms with Crippen molar-refractivity contribution in [3.8, 4) is 0 Å². The third kappa shape index (κ3) is 3.26. The fourth-order valence-electron chi connectivity index (χ4n) is 2.68. The third-order valence-electron chi connectivity index (χ3n) is 3.51. The molecule has 0 bridgehead atoms. The Bertz CT molecular complexity index is 421. The highest BCUT2D eigenvalue weighted by atomic mass is 35.5.